The Morgan fingerprint density at radius 2 is 2.33 bits per heavy atom. The van der Waals surface area contributed by atoms with Crippen LogP contribution >= 0.6 is 23.4 Å². The van der Waals surface area contributed by atoms with Crippen molar-refractivity contribution >= 4 is 34.9 Å². The van der Waals surface area contributed by atoms with Crippen LogP contribution in [0.15, 0.2) is 12.1 Å². The van der Waals surface area contributed by atoms with E-state index in [-0.39, 0.29) is 21.4 Å². The molecule has 0 amide bonds. The summed E-state index contributed by atoms with van der Waals surface area (Å²) in [7, 11) is 0. The number of pyridine rings is 1. The molecule has 0 atom stereocenters. The highest BCUT2D eigenvalue weighted by atomic mass is 35.5. The van der Waals surface area contributed by atoms with Crippen LogP contribution in [-0.4, -0.2) is 27.5 Å². The molecule has 1 fully saturated rings. The van der Waals surface area contributed by atoms with Gasteiger partial charge in [0, 0.05) is 17.4 Å². The van der Waals surface area contributed by atoms with Crippen molar-refractivity contribution in [2.24, 2.45) is 0 Å². The zero-order valence-corrected chi connectivity index (χ0v) is 11.6. The Morgan fingerprint density at radius 1 is 1.61 bits per heavy atom. The van der Waals surface area contributed by atoms with E-state index >= 15 is 0 Å². The first kappa shape index (κ1) is 13.4. The highest BCUT2D eigenvalue weighted by Crippen LogP contribution is 2.43. The average Bonchev–Trinajstić information content (AvgIpc) is 2.28. The molecule has 1 N–H and O–H groups in total. The zero-order valence-electron chi connectivity index (χ0n) is 9.98. The van der Waals surface area contributed by atoms with Gasteiger partial charge in [0.25, 0.3) is 0 Å². The Balaban J connectivity index is 2.12. The molecule has 2 rings (SSSR count). The SMILES string of the molecule is CSC1(CNc2nc(Cl)ccc2[N+](=O)[O-])CCC1. The molecule has 18 heavy (non-hydrogen) atoms. The van der Waals surface area contributed by atoms with Crippen molar-refractivity contribution in [1.82, 2.24) is 4.98 Å². The first-order valence-electron chi connectivity index (χ1n) is 5.66. The molecule has 1 aromatic heterocycles. The molecule has 1 aromatic rings. The van der Waals surface area contributed by atoms with E-state index in [0.29, 0.717) is 6.54 Å². The van der Waals surface area contributed by atoms with E-state index in [0.717, 1.165) is 12.8 Å². The summed E-state index contributed by atoms with van der Waals surface area (Å²) in [5.41, 5.74) is -0.0324. The summed E-state index contributed by atoms with van der Waals surface area (Å²) in [5.74, 6) is 0.257. The molecule has 0 unspecified atom stereocenters. The minimum atomic E-state index is -0.446. The lowest BCUT2D eigenvalue weighted by Crippen LogP contribution is -2.40. The number of hydrogen-bond acceptors (Lipinski definition) is 5. The summed E-state index contributed by atoms with van der Waals surface area (Å²) < 4.78 is 0.192. The lowest BCUT2D eigenvalue weighted by atomic mass is 9.84. The number of aromatic nitrogens is 1. The topological polar surface area (TPSA) is 68.1 Å². The minimum Gasteiger partial charge on any atom is -0.363 e. The van der Waals surface area contributed by atoms with E-state index in [1.54, 1.807) is 11.8 Å². The van der Waals surface area contributed by atoms with Crippen LogP contribution in [-0.2, 0) is 0 Å². The van der Waals surface area contributed by atoms with Crippen molar-refractivity contribution in [1.29, 1.82) is 0 Å². The molecule has 1 saturated carbocycles. The van der Waals surface area contributed by atoms with E-state index in [2.05, 4.69) is 16.6 Å². The van der Waals surface area contributed by atoms with Gasteiger partial charge in [0.15, 0.2) is 0 Å². The largest absolute Gasteiger partial charge is 0.363 e. The Morgan fingerprint density at radius 3 is 2.83 bits per heavy atom. The highest BCUT2D eigenvalue weighted by Gasteiger charge is 2.36. The molecule has 0 spiro atoms. The summed E-state index contributed by atoms with van der Waals surface area (Å²) in [5, 5.41) is 14.2. The van der Waals surface area contributed by atoms with Crippen LogP contribution in [0.1, 0.15) is 19.3 Å². The Bertz CT molecular complexity index is 460. The lowest BCUT2D eigenvalue weighted by Gasteiger charge is -2.40. The van der Waals surface area contributed by atoms with Gasteiger partial charge < -0.3 is 5.32 Å². The van der Waals surface area contributed by atoms with E-state index in [1.807, 2.05) is 0 Å². The third-order valence-corrected chi connectivity index (χ3v) is 4.94. The van der Waals surface area contributed by atoms with Crippen molar-refractivity contribution in [2.45, 2.75) is 24.0 Å². The second kappa shape index (κ2) is 5.32. The number of halogens is 1. The molecule has 0 aromatic carbocycles. The Labute approximate surface area is 114 Å². The number of nitrogens with one attached hydrogen (secondary N) is 1. The molecule has 98 valence electrons. The molecule has 1 heterocycles. The van der Waals surface area contributed by atoms with Crippen molar-refractivity contribution in [3.63, 3.8) is 0 Å². The van der Waals surface area contributed by atoms with Gasteiger partial charge in [-0.3, -0.25) is 10.1 Å². The second-order valence-electron chi connectivity index (χ2n) is 4.35. The van der Waals surface area contributed by atoms with E-state index < -0.39 is 4.92 Å². The monoisotopic (exact) mass is 287 g/mol. The summed E-state index contributed by atoms with van der Waals surface area (Å²) in [6.45, 7) is 0.683. The van der Waals surface area contributed by atoms with Gasteiger partial charge >= 0.3 is 5.69 Å². The number of nitro groups is 1. The highest BCUT2D eigenvalue weighted by molar-refractivity contribution is 8.00. The van der Waals surface area contributed by atoms with Gasteiger partial charge in [-0.25, -0.2) is 4.98 Å². The summed E-state index contributed by atoms with van der Waals surface area (Å²) in [6, 6.07) is 2.81. The fraction of sp³-hybridized carbons (Fsp3) is 0.545. The summed E-state index contributed by atoms with van der Waals surface area (Å²) >= 11 is 7.58. The van der Waals surface area contributed by atoms with Crippen LogP contribution in [0.2, 0.25) is 5.15 Å². The van der Waals surface area contributed by atoms with E-state index in [1.165, 1.54) is 18.6 Å². The standard InChI is InChI=1S/C11H14ClN3O2S/c1-18-11(5-2-6-11)7-13-10-8(15(16)17)3-4-9(12)14-10/h3-4H,2,5-7H2,1H3,(H,13,14). The quantitative estimate of drug-likeness (QED) is 0.511. The Hall–Kier alpha value is -1.01. The smallest absolute Gasteiger partial charge is 0.311 e. The number of rotatable bonds is 5. The van der Waals surface area contributed by atoms with Crippen molar-refractivity contribution < 1.29 is 4.92 Å². The number of hydrogen-bond donors (Lipinski definition) is 1. The van der Waals surface area contributed by atoms with Crippen LogP contribution in [0.4, 0.5) is 11.5 Å². The molecular formula is C11H14ClN3O2S. The maximum atomic E-state index is 10.9. The van der Waals surface area contributed by atoms with Crippen LogP contribution in [0.25, 0.3) is 0 Å². The van der Waals surface area contributed by atoms with Crippen LogP contribution in [0.5, 0.6) is 0 Å². The second-order valence-corrected chi connectivity index (χ2v) is 6.01. The van der Waals surface area contributed by atoms with Gasteiger partial charge in [-0.05, 0) is 25.2 Å². The van der Waals surface area contributed by atoms with Crippen LogP contribution in [0.3, 0.4) is 0 Å². The fourth-order valence-electron chi connectivity index (χ4n) is 1.97. The molecule has 1 aliphatic carbocycles. The summed E-state index contributed by atoms with van der Waals surface area (Å²) in [6.07, 6.45) is 5.55. The average molecular weight is 288 g/mol. The van der Waals surface area contributed by atoms with E-state index in [4.69, 9.17) is 11.6 Å². The number of nitrogens with zero attached hydrogens (tertiary/aromatic N) is 2. The first-order chi connectivity index (χ1) is 8.56. The Kier molecular flexibility index (Phi) is 3.97. The number of anilines is 1. The molecular weight excluding hydrogens is 274 g/mol. The lowest BCUT2D eigenvalue weighted by molar-refractivity contribution is -0.384. The van der Waals surface area contributed by atoms with Gasteiger partial charge in [0.1, 0.15) is 5.15 Å². The van der Waals surface area contributed by atoms with Gasteiger partial charge in [-0.15, -0.1) is 0 Å². The summed E-state index contributed by atoms with van der Waals surface area (Å²) in [4.78, 5) is 14.4. The van der Waals surface area contributed by atoms with Crippen molar-refractivity contribution in [3.8, 4) is 0 Å². The first-order valence-corrected chi connectivity index (χ1v) is 7.26. The van der Waals surface area contributed by atoms with Gasteiger partial charge in [0.05, 0.1) is 4.92 Å². The predicted molar refractivity (Wildman–Crippen MR) is 74.5 cm³/mol. The molecule has 5 nitrogen and oxygen atoms in total. The predicted octanol–water partition coefficient (Wildman–Crippen LogP) is 3.34. The minimum absolute atomic E-state index is 0.0324. The number of thioether (sulfide) groups is 1. The third kappa shape index (κ3) is 2.70. The molecule has 0 aliphatic heterocycles. The van der Waals surface area contributed by atoms with E-state index in [9.17, 15) is 10.1 Å². The third-order valence-electron chi connectivity index (χ3n) is 3.31. The zero-order chi connectivity index (χ0) is 13.2. The van der Waals surface area contributed by atoms with Gasteiger partial charge in [0.2, 0.25) is 5.82 Å². The molecule has 0 saturated heterocycles. The van der Waals surface area contributed by atoms with Gasteiger partial charge in [-0.1, -0.05) is 18.0 Å². The van der Waals surface area contributed by atoms with Crippen LogP contribution in [0, 0.1) is 10.1 Å². The molecule has 7 heteroatoms. The van der Waals surface area contributed by atoms with Crippen molar-refractivity contribution in [2.75, 3.05) is 18.1 Å². The molecule has 0 radical (unpaired) electrons. The molecule has 1 aliphatic rings. The van der Waals surface area contributed by atoms with Gasteiger partial charge in [-0.2, -0.15) is 11.8 Å². The van der Waals surface area contributed by atoms with Crippen molar-refractivity contribution in [3.05, 3.63) is 27.4 Å². The maximum absolute atomic E-state index is 10.9. The molecule has 0 bridgehead atoms. The van der Waals surface area contributed by atoms with Crippen LogP contribution < -0.4 is 5.32 Å². The fourth-order valence-corrected chi connectivity index (χ4v) is 3.04. The maximum Gasteiger partial charge on any atom is 0.311 e. The normalized spacial score (nSPS) is 17.0.